The zero-order valence-corrected chi connectivity index (χ0v) is 23.1. The Morgan fingerprint density at radius 1 is 1.11 bits per heavy atom. The zero-order valence-electron chi connectivity index (χ0n) is 20.8. The second-order valence-electron chi connectivity index (χ2n) is 8.64. The number of nitrogens with zero attached hydrogens (tertiary/aromatic N) is 2. The molecule has 0 fully saturated rings. The largest absolute Gasteiger partial charge is 0.352 e. The minimum atomic E-state index is -3.79. The summed E-state index contributed by atoms with van der Waals surface area (Å²) < 4.78 is 39.8. The normalized spacial score (nSPS) is 13.1. The van der Waals surface area contributed by atoms with Crippen molar-refractivity contribution in [1.82, 2.24) is 10.2 Å². The quantitative estimate of drug-likeness (QED) is 0.396. The molecule has 7 nitrogen and oxygen atoms in total. The first kappa shape index (κ1) is 29.9. The van der Waals surface area contributed by atoms with Crippen LogP contribution in [0.5, 0.6) is 0 Å². The van der Waals surface area contributed by atoms with Gasteiger partial charge in [-0.15, -0.1) is 0 Å². The Kier molecular flexibility index (Phi) is 11.0. The van der Waals surface area contributed by atoms with Crippen molar-refractivity contribution in [3.63, 3.8) is 0 Å². The Balaban J connectivity index is 2.22. The summed E-state index contributed by atoms with van der Waals surface area (Å²) >= 11 is 12.3. The third kappa shape index (κ3) is 8.35. The summed E-state index contributed by atoms with van der Waals surface area (Å²) in [6.45, 7) is 5.40. The van der Waals surface area contributed by atoms with Gasteiger partial charge in [-0.1, -0.05) is 48.3 Å². The predicted molar refractivity (Wildman–Crippen MR) is 142 cm³/mol. The summed E-state index contributed by atoms with van der Waals surface area (Å²) in [6.07, 6.45) is 1.77. The first-order valence-electron chi connectivity index (χ1n) is 11.6. The van der Waals surface area contributed by atoms with Crippen molar-refractivity contribution in [3.8, 4) is 0 Å². The number of nitrogens with one attached hydrogen (secondary N) is 1. The van der Waals surface area contributed by atoms with Crippen LogP contribution in [-0.4, -0.2) is 50.0 Å². The van der Waals surface area contributed by atoms with Gasteiger partial charge in [-0.2, -0.15) is 0 Å². The van der Waals surface area contributed by atoms with Crippen LogP contribution in [0.25, 0.3) is 0 Å². The van der Waals surface area contributed by atoms with Gasteiger partial charge in [-0.05, 0) is 56.5 Å². The SMILES string of the molecule is CC[C@@H](C)NC(=O)[C@@H](C)N(Cc1ccc(Cl)cc1Cl)C(=O)CCCN(c1ccccc1F)S(C)(=O)=O. The monoisotopic (exact) mass is 559 g/mol. The topological polar surface area (TPSA) is 86.8 Å². The minimum absolute atomic E-state index is 0.0625. The van der Waals surface area contributed by atoms with E-state index >= 15 is 0 Å². The fourth-order valence-corrected chi connectivity index (χ4v) is 4.95. The van der Waals surface area contributed by atoms with Crippen molar-refractivity contribution in [2.75, 3.05) is 17.1 Å². The second-order valence-corrected chi connectivity index (χ2v) is 11.4. The summed E-state index contributed by atoms with van der Waals surface area (Å²) in [6, 6.07) is 9.56. The van der Waals surface area contributed by atoms with Crippen LogP contribution < -0.4 is 9.62 Å². The van der Waals surface area contributed by atoms with Gasteiger partial charge in [-0.3, -0.25) is 13.9 Å². The summed E-state index contributed by atoms with van der Waals surface area (Å²) in [7, 11) is -3.79. The molecule has 0 aliphatic rings. The molecule has 0 aromatic heterocycles. The molecule has 2 amide bonds. The molecular formula is C25H32Cl2FN3O4S. The molecule has 11 heteroatoms. The smallest absolute Gasteiger partial charge is 0.242 e. The average Bonchev–Trinajstić information content (AvgIpc) is 2.80. The summed E-state index contributed by atoms with van der Waals surface area (Å²) in [5, 5.41) is 3.68. The van der Waals surface area contributed by atoms with Gasteiger partial charge < -0.3 is 10.2 Å². The van der Waals surface area contributed by atoms with Gasteiger partial charge >= 0.3 is 0 Å². The lowest BCUT2D eigenvalue weighted by Gasteiger charge is -2.30. The lowest BCUT2D eigenvalue weighted by Crippen LogP contribution is -2.49. The highest BCUT2D eigenvalue weighted by atomic mass is 35.5. The molecule has 0 unspecified atom stereocenters. The number of carbonyl (C=O) groups is 2. The van der Waals surface area contributed by atoms with Crippen molar-refractivity contribution in [3.05, 3.63) is 63.9 Å². The van der Waals surface area contributed by atoms with Gasteiger partial charge in [0.05, 0.1) is 11.9 Å². The van der Waals surface area contributed by atoms with Crippen LogP contribution >= 0.6 is 23.2 Å². The Morgan fingerprint density at radius 2 is 1.78 bits per heavy atom. The van der Waals surface area contributed by atoms with Crippen LogP contribution in [0.2, 0.25) is 10.0 Å². The van der Waals surface area contributed by atoms with Crippen LogP contribution in [0, 0.1) is 5.82 Å². The summed E-state index contributed by atoms with van der Waals surface area (Å²) in [5.41, 5.74) is 0.528. The van der Waals surface area contributed by atoms with Gasteiger partial charge in [0.25, 0.3) is 0 Å². The van der Waals surface area contributed by atoms with E-state index in [0.717, 1.165) is 17.0 Å². The zero-order chi connectivity index (χ0) is 27.0. The molecule has 0 aliphatic carbocycles. The van der Waals surface area contributed by atoms with Crippen molar-refractivity contribution < 1.29 is 22.4 Å². The Bertz CT molecular complexity index is 1180. The molecule has 0 spiro atoms. The minimum Gasteiger partial charge on any atom is -0.352 e. The lowest BCUT2D eigenvalue weighted by molar-refractivity contribution is -0.140. The van der Waals surface area contributed by atoms with Crippen molar-refractivity contribution >= 4 is 50.7 Å². The molecule has 0 radical (unpaired) electrons. The highest BCUT2D eigenvalue weighted by molar-refractivity contribution is 7.92. The number of halogens is 3. The fourth-order valence-electron chi connectivity index (χ4n) is 3.52. The maximum atomic E-state index is 14.3. The maximum absolute atomic E-state index is 14.3. The van der Waals surface area contributed by atoms with Crippen LogP contribution in [0.1, 0.15) is 45.6 Å². The molecular weight excluding hydrogens is 528 g/mol. The number of anilines is 1. The predicted octanol–water partition coefficient (Wildman–Crippen LogP) is 5.01. The molecule has 0 saturated heterocycles. The van der Waals surface area contributed by atoms with Gasteiger partial charge in [-0.25, -0.2) is 12.8 Å². The third-order valence-electron chi connectivity index (χ3n) is 5.80. The standard InChI is InChI=1S/C25H32Cl2FN3O4S/c1-5-17(2)29-25(33)18(3)30(16-19-12-13-20(26)15-21(19)27)24(32)11-8-14-31(36(4,34)35)23-10-7-6-9-22(23)28/h6-7,9-10,12-13,15,17-18H,5,8,11,14,16H2,1-4H3,(H,29,33)/t17-,18-/m1/s1. The second kappa shape index (κ2) is 13.3. The number of para-hydroxylation sites is 1. The van der Waals surface area contributed by atoms with Crippen molar-refractivity contribution in [2.45, 2.75) is 58.7 Å². The lowest BCUT2D eigenvalue weighted by atomic mass is 10.1. The van der Waals surface area contributed by atoms with E-state index in [1.165, 1.54) is 29.2 Å². The first-order chi connectivity index (χ1) is 16.8. The van der Waals surface area contributed by atoms with Crippen molar-refractivity contribution in [2.24, 2.45) is 0 Å². The number of sulfonamides is 1. The first-order valence-corrected chi connectivity index (χ1v) is 14.2. The number of benzene rings is 2. The molecule has 0 heterocycles. The molecule has 1 N–H and O–H groups in total. The van der Waals surface area contributed by atoms with E-state index in [9.17, 15) is 22.4 Å². The molecule has 0 saturated carbocycles. The molecule has 2 atom stereocenters. The van der Waals surface area contributed by atoms with E-state index in [1.807, 2.05) is 13.8 Å². The van der Waals surface area contributed by atoms with Crippen LogP contribution in [0.3, 0.4) is 0 Å². The highest BCUT2D eigenvalue weighted by Gasteiger charge is 2.28. The van der Waals surface area contributed by atoms with E-state index in [0.29, 0.717) is 15.6 Å². The van der Waals surface area contributed by atoms with Gasteiger partial charge in [0.1, 0.15) is 11.9 Å². The molecule has 198 valence electrons. The van der Waals surface area contributed by atoms with Crippen molar-refractivity contribution in [1.29, 1.82) is 0 Å². The highest BCUT2D eigenvalue weighted by Crippen LogP contribution is 2.25. The van der Waals surface area contributed by atoms with E-state index in [2.05, 4.69) is 5.32 Å². The van der Waals surface area contributed by atoms with Crippen LogP contribution in [0.4, 0.5) is 10.1 Å². The van der Waals surface area contributed by atoms with Crippen LogP contribution in [-0.2, 0) is 26.2 Å². The van der Waals surface area contributed by atoms with Gasteiger partial charge in [0.2, 0.25) is 21.8 Å². The third-order valence-corrected chi connectivity index (χ3v) is 7.56. The number of hydrogen-bond acceptors (Lipinski definition) is 4. The van der Waals surface area contributed by atoms with Crippen LogP contribution in [0.15, 0.2) is 42.5 Å². The van der Waals surface area contributed by atoms with Gasteiger partial charge in [0.15, 0.2) is 0 Å². The molecule has 2 aromatic carbocycles. The Labute approximate surface area is 222 Å². The number of hydrogen-bond donors (Lipinski definition) is 1. The Hall–Kier alpha value is -2.36. The van der Waals surface area contributed by atoms with E-state index in [1.54, 1.807) is 25.1 Å². The molecule has 36 heavy (non-hydrogen) atoms. The van der Waals surface area contributed by atoms with E-state index < -0.39 is 21.9 Å². The van der Waals surface area contributed by atoms with E-state index in [4.69, 9.17) is 23.2 Å². The van der Waals surface area contributed by atoms with E-state index in [-0.39, 0.29) is 49.5 Å². The molecule has 2 rings (SSSR count). The summed E-state index contributed by atoms with van der Waals surface area (Å²) in [5.74, 6) is -1.36. The maximum Gasteiger partial charge on any atom is 0.242 e. The fraction of sp³-hybridized carbons (Fsp3) is 0.440. The number of rotatable bonds is 12. The number of carbonyl (C=O) groups excluding carboxylic acids is 2. The molecule has 0 bridgehead atoms. The molecule has 0 aliphatic heterocycles. The average molecular weight is 561 g/mol. The summed E-state index contributed by atoms with van der Waals surface area (Å²) in [4.78, 5) is 27.5. The number of amides is 2. The Morgan fingerprint density at radius 3 is 2.36 bits per heavy atom. The molecule has 2 aromatic rings. The van der Waals surface area contributed by atoms with Gasteiger partial charge in [0, 0.05) is 35.6 Å².